The molecule has 19 heteroatoms. The van der Waals surface area contributed by atoms with Crippen molar-refractivity contribution < 1.29 is 48.9 Å². The molecule has 0 radical (unpaired) electrons. The molecule has 0 saturated heterocycles. The fourth-order valence-electron chi connectivity index (χ4n) is 6.18. The highest BCUT2D eigenvalue weighted by atomic mass is 16.4. The van der Waals surface area contributed by atoms with E-state index in [0.717, 1.165) is 0 Å². The Morgan fingerprint density at radius 3 is 1.39 bits per heavy atom. The van der Waals surface area contributed by atoms with Gasteiger partial charge >= 0.3 is 5.97 Å². The average molecular weight is 842 g/mol. The van der Waals surface area contributed by atoms with Crippen LogP contribution in [0.4, 0.5) is 0 Å². The number of hydrogen-bond acceptors (Lipinski definition) is 10. The van der Waals surface area contributed by atoms with Gasteiger partial charge in [-0.1, -0.05) is 69.2 Å². The summed E-state index contributed by atoms with van der Waals surface area (Å²) in [5, 5.41) is 47.6. The van der Waals surface area contributed by atoms with E-state index in [2.05, 4.69) is 36.9 Å². The summed E-state index contributed by atoms with van der Waals surface area (Å²) in [6.07, 6.45) is -2.70. The SMILES string of the molecule is CC(C)CC(=O)N[C@H](C(=O)N[C@H](C(=O)N[C@@H](CC(C)C)C(O)CC(=O)N[C@@H](C)C(=O)N[C@@H](CC(C)C)C(O)CC(=O)N[C@@H](CCCN=C(N)N)C(=O)O)C(C)C)C(C)C. The van der Waals surface area contributed by atoms with Gasteiger partial charge in [-0.15, -0.1) is 0 Å². The zero-order valence-corrected chi connectivity index (χ0v) is 37.0. The normalized spacial score (nSPS) is 15.6. The molecule has 0 rings (SSSR count). The number of guanidine groups is 1. The zero-order chi connectivity index (χ0) is 45.7. The molecule has 0 heterocycles. The van der Waals surface area contributed by atoms with Gasteiger partial charge in [0.05, 0.1) is 37.1 Å². The minimum Gasteiger partial charge on any atom is -0.480 e. The second kappa shape index (κ2) is 27.3. The first-order valence-electron chi connectivity index (χ1n) is 20.7. The number of carboxylic acid groups (broad SMARTS) is 1. The van der Waals surface area contributed by atoms with Crippen molar-refractivity contribution in [1.29, 1.82) is 0 Å². The third-order valence-electron chi connectivity index (χ3n) is 9.28. The smallest absolute Gasteiger partial charge is 0.326 e. The number of aliphatic hydroxyl groups is 2. The molecule has 0 aliphatic rings. The van der Waals surface area contributed by atoms with Gasteiger partial charge in [0.15, 0.2) is 5.96 Å². The van der Waals surface area contributed by atoms with Crippen LogP contribution in [0.15, 0.2) is 4.99 Å². The first-order valence-corrected chi connectivity index (χ1v) is 20.7. The summed E-state index contributed by atoms with van der Waals surface area (Å²) in [4.78, 5) is 94.0. The molecule has 0 fully saturated rings. The number of aliphatic carboxylic acids is 1. The Morgan fingerprint density at radius 2 is 0.966 bits per heavy atom. The van der Waals surface area contributed by atoms with Crippen molar-refractivity contribution in [3.63, 3.8) is 0 Å². The number of aliphatic hydroxyl groups excluding tert-OH is 2. The Bertz CT molecular complexity index is 1400. The lowest BCUT2D eigenvalue weighted by Crippen LogP contribution is -2.59. The summed E-state index contributed by atoms with van der Waals surface area (Å²) < 4.78 is 0. The highest BCUT2D eigenvalue weighted by molar-refractivity contribution is 5.93. The van der Waals surface area contributed by atoms with Gasteiger partial charge in [-0.2, -0.15) is 0 Å². The lowest BCUT2D eigenvalue weighted by atomic mass is 9.95. The summed E-state index contributed by atoms with van der Waals surface area (Å²) in [5.41, 5.74) is 10.6. The van der Waals surface area contributed by atoms with E-state index in [1.807, 2.05) is 41.5 Å². The summed E-state index contributed by atoms with van der Waals surface area (Å²) >= 11 is 0. The van der Waals surface area contributed by atoms with Gasteiger partial charge in [0.25, 0.3) is 0 Å². The number of nitrogens with zero attached hydrogens (tertiary/aromatic N) is 1. The Hall–Kier alpha value is -4.52. The fraction of sp³-hybridized carbons (Fsp3) is 0.800. The molecule has 0 aromatic rings. The quantitative estimate of drug-likeness (QED) is 0.0282. The first kappa shape index (κ1) is 54.5. The van der Waals surface area contributed by atoms with E-state index in [4.69, 9.17) is 11.5 Å². The molecule has 0 saturated carbocycles. The van der Waals surface area contributed by atoms with E-state index in [0.29, 0.717) is 0 Å². The molecule has 0 bridgehead atoms. The van der Waals surface area contributed by atoms with Crippen molar-refractivity contribution in [2.75, 3.05) is 6.54 Å². The molecule has 2 unspecified atom stereocenters. The minimum atomic E-state index is -1.40. The van der Waals surface area contributed by atoms with Crippen LogP contribution in [0.25, 0.3) is 0 Å². The second-order valence-electron chi connectivity index (χ2n) is 17.3. The topological polar surface area (TPSA) is 317 Å². The maximum atomic E-state index is 13.6. The first-order chi connectivity index (χ1) is 27.2. The van der Waals surface area contributed by atoms with E-state index in [-0.39, 0.29) is 80.1 Å². The number of nitrogens with two attached hydrogens (primary N) is 2. The fourth-order valence-corrected chi connectivity index (χ4v) is 6.18. The van der Waals surface area contributed by atoms with Gasteiger partial charge < -0.3 is 58.7 Å². The van der Waals surface area contributed by atoms with Gasteiger partial charge in [0, 0.05) is 13.0 Å². The molecular weight excluding hydrogens is 766 g/mol. The van der Waals surface area contributed by atoms with Crippen molar-refractivity contribution in [3.05, 3.63) is 0 Å². The van der Waals surface area contributed by atoms with Crippen LogP contribution in [0, 0.1) is 29.6 Å². The van der Waals surface area contributed by atoms with Gasteiger partial charge in [-0.3, -0.25) is 33.8 Å². The van der Waals surface area contributed by atoms with Crippen LogP contribution in [0.5, 0.6) is 0 Å². The largest absolute Gasteiger partial charge is 0.480 e. The Morgan fingerprint density at radius 1 is 0.542 bits per heavy atom. The maximum Gasteiger partial charge on any atom is 0.326 e. The number of nitrogens with one attached hydrogen (secondary N) is 6. The molecule has 340 valence electrons. The molecular formula is C40H75N9O10. The number of carbonyl (C=O) groups is 7. The molecule has 8 atom stereocenters. The van der Waals surface area contributed by atoms with E-state index >= 15 is 0 Å². The third-order valence-corrected chi connectivity index (χ3v) is 9.28. The summed E-state index contributed by atoms with van der Waals surface area (Å²) in [6.45, 7) is 19.8. The highest BCUT2D eigenvalue weighted by Gasteiger charge is 2.34. The van der Waals surface area contributed by atoms with E-state index in [1.165, 1.54) is 6.92 Å². The number of carbonyl (C=O) groups excluding carboxylic acids is 6. The molecule has 0 aliphatic carbocycles. The molecule has 6 amide bonds. The van der Waals surface area contributed by atoms with Crippen LogP contribution in [-0.4, -0.2) is 118 Å². The molecule has 0 aromatic heterocycles. The van der Waals surface area contributed by atoms with Crippen molar-refractivity contribution >= 4 is 47.4 Å². The summed E-state index contributed by atoms with van der Waals surface area (Å²) in [7, 11) is 0. The Labute approximate surface area is 349 Å². The minimum absolute atomic E-state index is 0.0198. The number of hydrogen-bond donors (Lipinski definition) is 11. The second-order valence-corrected chi connectivity index (χ2v) is 17.3. The van der Waals surface area contributed by atoms with Crippen molar-refractivity contribution in [1.82, 2.24) is 31.9 Å². The lowest BCUT2D eigenvalue weighted by molar-refractivity contribution is -0.142. The summed E-state index contributed by atoms with van der Waals surface area (Å²) in [5.74, 6) is -5.54. The van der Waals surface area contributed by atoms with Gasteiger partial charge in [-0.25, -0.2) is 4.79 Å². The number of rotatable bonds is 28. The predicted octanol–water partition coefficient (Wildman–Crippen LogP) is 0.00560. The van der Waals surface area contributed by atoms with Crippen molar-refractivity contribution in [3.8, 4) is 0 Å². The lowest BCUT2D eigenvalue weighted by Gasteiger charge is -2.31. The van der Waals surface area contributed by atoms with E-state index in [1.54, 1.807) is 27.7 Å². The number of aliphatic imine (C=N–C) groups is 1. The van der Waals surface area contributed by atoms with Crippen molar-refractivity contribution in [2.45, 2.75) is 170 Å². The highest BCUT2D eigenvalue weighted by Crippen LogP contribution is 2.15. The van der Waals surface area contributed by atoms with E-state index < -0.39 is 96.8 Å². The van der Waals surface area contributed by atoms with Gasteiger partial charge in [0.2, 0.25) is 35.4 Å². The average Bonchev–Trinajstić information content (AvgIpc) is 3.08. The standard InChI is InChI=1S/C40H75N9O10/c1-20(2)15-27(30(51)19-33(54)45-26(39(58)59)13-12-14-43-40(41)42)46-36(55)25(11)44-32(53)18-29(50)28(16-21(3)4)47-37(56)35(24(9)10)49-38(57)34(23(7)8)48-31(52)17-22(5)6/h20-30,34-35,50-51H,12-19H2,1-11H3,(H,44,53)(H,45,54)(H,46,55)(H,47,56)(H,48,52)(H,49,57)(H,58,59)(H4,41,42,43)/t25-,26-,27-,28-,29?,30?,34-,35-/m0/s1. The van der Waals surface area contributed by atoms with Crippen LogP contribution in [0.2, 0.25) is 0 Å². The summed E-state index contributed by atoms with van der Waals surface area (Å²) in [6, 6.07) is -6.13. The molecule has 0 spiro atoms. The number of amides is 6. The third kappa shape index (κ3) is 23.0. The Kier molecular flexibility index (Phi) is 25.2. The Balaban J connectivity index is 5.66. The van der Waals surface area contributed by atoms with Gasteiger partial charge in [0.1, 0.15) is 24.2 Å². The van der Waals surface area contributed by atoms with Crippen LogP contribution in [0.1, 0.15) is 121 Å². The van der Waals surface area contributed by atoms with Crippen LogP contribution >= 0.6 is 0 Å². The maximum absolute atomic E-state index is 13.6. The van der Waals surface area contributed by atoms with Crippen LogP contribution in [0.3, 0.4) is 0 Å². The predicted molar refractivity (Wildman–Crippen MR) is 224 cm³/mol. The van der Waals surface area contributed by atoms with Crippen LogP contribution < -0.4 is 43.4 Å². The van der Waals surface area contributed by atoms with Gasteiger partial charge in [-0.05, 0) is 62.2 Å². The molecule has 19 nitrogen and oxygen atoms in total. The molecule has 0 aromatic carbocycles. The monoisotopic (exact) mass is 842 g/mol. The molecule has 59 heavy (non-hydrogen) atoms. The van der Waals surface area contributed by atoms with Crippen molar-refractivity contribution in [2.24, 2.45) is 46.0 Å². The zero-order valence-electron chi connectivity index (χ0n) is 37.0. The molecule has 0 aliphatic heterocycles. The molecule has 13 N–H and O–H groups in total. The van der Waals surface area contributed by atoms with Crippen LogP contribution in [-0.2, 0) is 33.6 Å². The van der Waals surface area contributed by atoms with E-state index in [9.17, 15) is 48.9 Å². The number of carboxylic acids is 1.